The Kier molecular flexibility index (Phi) is 10.9. The van der Waals surface area contributed by atoms with Crippen molar-refractivity contribution in [3.05, 3.63) is 0 Å². The summed E-state index contributed by atoms with van der Waals surface area (Å²) in [5, 5.41) is 42.5. The number of carboxylic acid groups (broad SMARTS) is 1. The molecule has 0 amide bonds. The third kappa shape index (κ3) is 6.69. The van der Waals surface area contributed by atoms with Crippen LogP contribution < -0.4 is 0 Å². The molecule has 0 aromatic rings. The van der Waals surface area contributed by atoms with Gasteiger partial charge >= 0.3 is 11.9 Å². The quantitative estimate of drug-likeness (QED) is 0.173. The summed E-state index contributed by atoms with van der Waals surface area (Å²) in [4.78, 5) is 25.6. The Morgan fingerprint density at radius 3 is 1.58 bits per heavy atom. The monoisotopic (exact) mass is 767 g/mol. The van der Waals surface area contributed by atoms with Gasteiger partial charge in [-0.2, -0.15) is 0 Å². The van der Waals surface area contributed by atoms with Crippen LogP contribution in [-0.2, 0) is 14.3 Å². The molecule has 7 nitrogen and oxygen atoms in total. The number of aliphatic hydroxyl groups excluding tert-OH is 3. The number of carboxylic acids is 1. The third-order valence-corrected chi connectivity index (χ3v) is 20.7. The van der Waals surface area contributed by atoms with Crippen molar-refractivity contribution in [3.63, 3.8) is 0 Å². The van der Waals surface area contributed by atoms with E-state index in [0.717, 1.165) is 83.5 Å². The van der Waals surface area contributed by atoms with Crippen LogP contribution in [0.15, 0.2) is 0 Å². The van der Waals surface area contributed by atoms with Gasteiger partial charge < -0.3 is 25.2 Å². The van der Waals surface area contributed by atoms with Crippen LogP contribution in [0.25, 0.3) is 0 Å². The van der Waals surface area contributed by atoms with Gasteiger partial charge in [-0.3, -0.25) is 9.59 Å². The van der Waals surface area contributed by atoms with Crippen LogP contribution in [0.3, 0.4) is 0 Å². The van der Waals surface area contributed by atoms with Crippen LogP contribution in [0.5, 0.6) is 0 Å². The number of hydrogen-bond donors (Lipinski definition) is 4. The summed E-state index contributed by atoms with van der Waals surface area (Å²) >= 11 is 0. The third-order valence-electron chi connectivity index (χ3n) is 20.7. The molecule has 0 bridgehead atoms. The Morgan fingerprint density at radius 2 is 1.04 bits per heavy atom. The molecule has 8 rings (SSSR count). The van der Waals surface area contributed by atoms with Gasteiger partial charge in [0.05, 0.1) is 18.3 Å². The summed E-state index contributed by atoms with van der Waals surface area (Å²) in [6.45, 7) is 14.7. The maximum absolute atomic E-state index is 14.1. The molecule has 4 N–H and O–H groups in total. The van der Waals surface area contributed by atoms with Crippen molar-refractivity contribution in [2.24, 2.45) is 92.7 Å². The highest BCUT2D eigenvalue weighted by atomic mass is 16.5. The van der Waals surface area contributed by atoms with Crippen molar-refractivity contribution < 1.29 is 34.8 Å². The number of hydrogen-bond acceptors (Lipinski definition) is 6. The first-order chi connectivity index (χ1) is 26.0. The van der Waals surface area contributed by atoms with Crippen LogP contribution in [0, 0.1) is 92.7 Å². The number of fused-ring (bicyclic) bond motifs is 10. The maximum atomic E-state index is 14.1. The molecule has 8 saturated carbocycles. The van der Waals surface area contributed by atoms with E-state index in [0.29, 0.717) is 77.4 Å². The highest BCUT2D eigenvalue weighted by Crippen LogP contribution is 2.70. The van der Waals surface area contributed by atoms with Crippen molar-refractivity contribution in [1.29, 1.82) is 0 Å². The second kappa shape index (κ2) is 14.8. The molecule has 0 aromatic heterocycles. The second-order valence-electron chi connectivity index (χ2n) is 22.8. The summed E-state index contributed by atoms with van der Waals surface area (Å²) in [6.07, 6.45) is 18.2. The largest absolute Gasteiger partial charge is 0.481 e. The topological polar surface area (TPSA) is 124 Å². The zero-order valence-electron chi connectivity index (χ0n) is 35.4. The second-order valence-corrected chi connectivity index (χ2v) is 22.8. The highest BCUT2D eigenvalue weighted by molar-refractivity contribution is 5.69. The van der Waals surface area contributed by atoms with Crippen LogP contribution in [0.1, 0.15) is 170 Å². The Hall–Kier alpha value is -1.18. The highest BCUT2D eigenvalue weighted by Gasteiger charge is 2.65. The zero-order chi connectivity index (χ0) is 39.2. The lowest BCUT2D eigenvalue weighted by Gasteiger charge is -2.62. The van der Waals surface area contributed by atoms with Gasteiger partial charge in [-0.25, -0.2) is 0 Å². The van der Waals surface area contributed by atoms with E-state index in [4.69, 9.17) is 4.74 Å². The van der Waals surface area contributed by atoms with E-state index in [1.165, 1.54) is 32.1 Å². The Labute approximate surface area is 332 Å². The Balaban J connectivity index is 0.945. The molecule has 20 atom stereocenters. The lowest BCUT2D eigenvalue weighted by molar-refractivity contribution is -0.196. The molecule has 0 heterocycles. The van der Waals surface area contributed by atoms with Gasteiger partial charge in [0.2, 0.25) is 0 Å². The van der Waals surface area contributed by atoms with Gasteiger partial charge in [0.15, 0.2) is 0 Å². The summed E-state index contributed by atoms with van der Waals surface area (Å²) in [5.74, 6) is 4.70. The number of aliphatic hydroxyl groups is 3. The average molecular weight is 767 g/mol. The first kappa shape index (κ1) is 40.6. The van der Waals surface area contributed by atoms with Crippen LogP contribution in [0.4, 0.5) is 0 Å². The van der Waals surface area contributed by atoms with E-state index >= 15 is 0 Å². The minimum absolute atomic E-state index is 0.0308. The molecule has 312 valence electrons. The van der Waals surface area contributed by atoms with E-state index in [1.54, 1.807) is 0 Å². The number of rotatable bonds is 9. The minimum atomic E-state index is -0.700. The summed E-state index contributed by atoms with van der Waals surface area (Å²) in [7, 11) is 0. The van der Waals surface area contributed by atoms with E-state index in [2.05, 4.69) is 41.5 Å². The molecule has 4 unspecified atom stereocenters. The summed E-state index contributed by atoms with van der Waals surface area (Å²) in [5.41, 5.74) is 0.743. The maximum Gasteiger partial charge on any atom is 0.306 e. The normalized spacial score (nSPS) is 52.7. The van der Waals surface area contributed by atoms with Crippen molar-refractivity contribution in [3.8, 4) is 0 Å². The first-order valence-corrected chi connectivity index (χ1v) is 23.4. The fourth-order valence-corrected chi connectivity index (χ4v) is 17.8. The van der Waals surface area contributed by atoms with Crippen molar-refractivity contribution >= 4 is 11.9 Å². The van der Waals surface area contributed by atoms with Crippen molar-refractivity contribution in [2.75, 3.05) is 0 Å². The Bertz CT molecular complexity index is 1430. The minimum Gasteiger partial charge on any atom is -0.481 e. The van der Waals surface area contributed by atoms with Gasteiger partial charge in [-0.05, 0) is 202 Å². The van der Waals surface area contributed by atoms with E-state index in [-0.39, 0.29) is 58.5 Å². The van der Waals surface area contributed by atoms with E-state index < -0.39 is 5.97 Å². The summed E-state index contributed by atoms with van der Waals surface area (Å²) < 4.78 is 6.77. The smallest absolute Gasteiger partial charge is 0.306 e. The SMILES string of the molecule is C[C@H](CCC(=O)O)[C@H]1CC[C@H]2[C@@H]3[C@@H](OC(=O)CC[C@@H](C)[C@H]4CCC5C6C(CC[C@@]54C)[C@@]4(C)CC[C@H](O)CC4C[C@@H]6O)C[C@@H]4C[C@H](O)CC[C@]4(C)[C@H]3CC[C@]12C. The molecule has 8 aliphatic carbocycles. The summed E-state index contributed by atoms with van der Waals surface area (Å²) in [6, 6.07) is 0. The fourth-order valence-electron chi connectivity index (χ4n) is 17.8. The van der Waals surface area contributed by atoms with Gasteiger partial charge in [0.25, 0.3) is 0 Å². The lowest BCUT2D eigenvalue weighted by atomic mass is 9.43. The van der Waals surface area contributed by atoms with Crippen LogP contribution >= 0.6 is 0 Å². The lowest BCUT2D eigenvalue weighted by Crippen LogP contribution is -2.59. The average Bonchev–Trinajstić information content (AvgIpc) is 3.67. The molecule has 55 heavy (non-hydrogen) atoms. The molecule has 0 spiro atoms. The molecule has 7 heteroatoms. The van der Waals surface area contributed by atoms with Crippen molar-refractivity contribution in [2.45, 2.75) is 194 Å². The van der Waals surface area contributed by atoms with Crippen molar-refractivity contribution in [1.82, 2.24) is 0 Å². The number of aliphatic carboxylic acids is 1. The van der Waals surface area contributed by atoms with Gasteiger partial charge in [-0.1, -0.05) is 41.5 Å². The molecule has 0 aromatic carbocycles. The molecule has 8 aliphatic rings. The van der Waals surface area contributed by atoms with E-state index in [1.807, 2.05) is 0 Å². The predicted molar refractivity (Wildman–Crippen MR) is 214 cm³/mol. The molecular formula is C48H78O7. The standard InChI is InChI=1S/C48H78O7/c1-27(7-13-41(52)53)33-10-12-36-44-38(18-22-48(33,36)6)46(4)20-16-32(50)24-30(46)26-40(44)55-42(54)14-8-28(2)34-9-11-35-43-37(17-21-47(34,35)5)45(3)19-15-31(49)23-29(45)25-39(43)51/h27-40,43-44,49-51H,7-26H2,1-6H3,(H,52,53)/t27-,28-,29?,30+,31+,32-,33-,34-,35?,36+,37?,38+,39+,40+,43?,44+,45+,46+,47-,48-/m1/s1. The molecule has 0 radical (unpaired) electrons. The number of carbonyl (C=O) groups excluding carboxylic acids is 1. The van der Waals surface area contributed by atoms with Crippen LogP contribution in [-0.4, -0.2) is 56.8 Å². The molecule has 0 aliphatic heterocycles. The Morgan fingerprint density at radius 1 is 0.582 bits per heavy atom. The predicted octanol–water partition coefficient (Wildman–Crippen LogP) is 9.44. The van der Waals surface area contributed by atoms with E-state index in [9.17, 15) is 30.0 Å². The number of esters is 1. The first-order valence-electron chi connectivity index (χ1n) is 23.4. The van der Waals surface area contributed by atoms with Gasteiger partial charge in [0, 0.05) is 18.8 Å². The van der Waals surface area contributed by atoms with Crippen LogP contribution in [0.2, 0.25) is 0 Å². The number of carbonyl (C=O) groups is 2. The zero-order valence-corrected chi connectivity index (χ0v) is 35.4. The molecule has 0 saturated heterocycles. The fraction of sp³-hybridized carbons (Fsp3) is 0.958. The molecular weight excluding hydrogens is 689 g/mol. The number of ether oxygens (including phenoxy) is 1. The van der Waals surface area contributed by atoms with Gasteiger partial charge in [-0.15, -0.1) is 0 Å². The molecule has 8 fully saturated rings. The van der Waals surface area contributed by atoms with Gasteiger partial charge in [0.1, 0.15) is 6.10 Å².